The second kappa shape index (κ2) is 12.7. The summed E-state index contributed by atoms with van der Waals surface area (Å²) in [7, 11) is -1.77. The van der Waals surface area contributed by atoms with Crippen LogP contribution in [0.25, 0.3) is 10.9 Å². The van der Waals surface area contributed by atoms with Crippen molar-refractivity contribution in [2.75, 3.05) is 19.7 Å². The van der Waals surface area contributed by atoms with Gasteiger partial charge in [0.1, 0.15) is 5.75 Å². The molecule has 0 spiro atoms. The fourth-order valence-electron chi connectivity index (χ4n) is 3.95. The lowest BCUT2D eigenvalue weighted by Gasteiger charge is -2.22. The average Bonchev–Trinajstić information content (AvgIpc) is 2.86. The Kier molecular flexibility index (Phi) is 9.64. The predicted octanol–water partition coefficient (Wildman–Crippen LogP) is 4.20. The summed E-state index contributed by atoms with van der Waals surface area (Å²) >= 11 is 0. The Labute approximate surface area is 217 Å². The number of benzene rings is 2. The molecule has 0 amide bonds. The van der Waals surface area contributed by atoms with Crippen LogP contribution >= 0.6 is 12.4 Å². The number of sulfonamides is 1. The Morgan fingerprint density at radius 1 is 0.944 bits per heavy atom. The first-order valence-electron chi connectivity index (χ1n) is 11.6. The predicted molar refractivity (Wildman–Crippen MR) is 145 cm³/mol. The Hall–Kier alpha value is -3.20. The van der Waals surface area contributed by atoms with E-state index in [-0.39, 0.29) is 23.7 Å². The Balaban J connectivity index is 0.00000361. The highest BCUT2D eigenvalue weighted by Crippen LogP contribution is 2.20. The van der Waals surface area contributed by atoms with E-state index in [1.54, 1.807) is 34.4 Å². The summed E-state index contributed by atoms with van der Waals surface area (Å²) in [5.41, 5.74) is 2.53. The standard InChI is InChI=1S/C27H29N3O4S.ClH/c1-29-26-12-11-25(19-24(26)10-13-27(29)31)34-18-6-16-30(17-14-22-9-5-15-28-20-22)35(32,33)21-23-7-3-2-4-8-23;/h2-5,7-13,15,19-20H,6,14,16-18,21H2,1H3;1H. The van der Waals surface area contributed by atoms with E-state index in [1.165, 1.54) is 6.07 Å². The second-order valence-corrected chi connectivity index (χ2v) is 10.4. The first-order chi connectivity index (χ1) is 16.9. The third-order valence-electron chi connectivity index (χ3n) is 5.87. The minimum absolute atomic E-state index is 0. The Morgan fingerprint density at radius 2 is 1.72 bits per heavy atom. The highest BCUT2D eigenvalue weighted by atomic mass is 35.5. The van der Waals surface area contributed by atoms with Crippen molar-refractivity contribution < 1.29 is 13.2 Å². The number of rotatable bonds is 11. The number of aryl methyl sites for hydroxylation is 1. The summed E-state index contributed by atoms with van der Waals surface area (Å²) in [5, 5.41) is 0.910. The number of halogens is 1. The third kappa shape index (κ3) is 7.16. The van der Waals surface area contributed by atoms with Gasteiger partial charge in [-0.2, -0.15) is 0 Å². The first-order valence-corrected chi connectivity index (χ1v) is 13.2. The number of ether oxygens (including phenoxy) is 1. The summed E-state index contributed by atoms with van der Waals surface area (Å²) in [5.74, 6) is 0.649. The lowest BCUT2D eigenvalue weighted by atomic mass is 10.2. The molecule has 0 bridgehead atoms. The summed E-state index contributed by atoms with van der Waals surface area (Å²) in [6, 6.07) is 21.9. The molecule has 0 radical (unpaired) electrons. The molecule has 2 heterocycles. The van der Waals surface area contributed by atoms with Crippen molar-refractivity contribution in [2.45, 2.75) is 18.6 Å². The first kappa shape index (κ1) is 27.4. The summed E-state index contributed by atoms with van der Waals surface area (Å²) in [6.07, 6.45) is 4.61. The van der Waals surface area contributed by atoms with Gasteiger partial charge in [-0.05, 0) is 54.3 Å². The van der Waals surface area contributed by atoms with E-state index in [0.717, 1.165) is 22.0 Å². The second-order valence-electron chi connectivity index (χ2n) is 8.41. The molecular formula is C27H30ClN3O4S. The molecule has 36 heavy (non-hydrogen) atoms. The number of aromatic nitrogens is 2. The highest BCUT2D eigenvalue weighted by molar-refractivity contribution is 7.88. The van der Waals surface area contributed by atoms with E-state index in [1.807, 2.05) is 60.7 Å². The van der Waals surface area contributed by atoms with E-state index in [0.29, 0.717) is 38.3 Å². The fraction of sp³-hybridized carbons (Fsp3) is 0.259. The SMILES string of the molecule is Cl.Cn1c(=O)ccc2cc(OCCCN(CCc3cccnc3)S(=O)(=O)Cc3ccccc3)ccc21. The Morgan fingerprint density at radius 3 is 2.47 bits per heavy atom. The molecule has 0 atom stereocenters. The monoisotopic (exact) mass is 527 g/mol. The van der Waals surface area contributed by atoms with Crippen LogP contribution < -0.4 is 10.3 Å². The maximum Gasteiger partial charge on any atom is 0.250 e. The van der Waals surface area contributed by atoms with Crippen LogP contribution in [0.1, 0.15) is 17.5 Å². The van der Waals surface area contributed by atoms with Crippen molar-refractivity contribution in [3.8, 4) is 5.75 Å². The highest BCUT2D eigenvalue weighted by Gasteiger charge is 2.22. The number of nitrogens with zero attached hydrogens (tertiary/aromatic N) is 3. The lowest BCUT2D eigenvalue weighted by Crippen LogP contribution is -2.35. The molecule has 0 N–H and O–H groups in total. The van der Waals surface area contributed by atoms with Crippen LogP contribution in [0.15, 0.2) is 90.0 Å². The van der Waals surface area contributed by atoms with Crippen molar-refractivity contribution in [3.63, 3.8) is 0 Å². The molecule has 2 aromatic carbocycles. The van der Waals surface area contributed by atoms with E-state index in [9.17, 15) is 13.2 Å². The molecule has 0 aliphatic rings. The molecule has 4 aromatic rings. The van der Waals surface area contributed by atoms with Crippen LogP contribution in [0.3, 0.4) is 0 Å². The zero-order chi connectivity index (χ0) is 24.7. The van der Waals surface area contributed by atoms with Crippen molar-refractivity contribution in [1.29, 1.82) is 0 Å². The van der Waals surface area contributed by atoms with Crippen molar-refractivity contribution in [3.05, 3.63) is 107 Å². The van der Waals surface area contributed by atoms with Gasteiger partial charge in [-0.1, -0.05) is 36.4 Å². The molecule has 9 heteroatoms. The Bertz CT molecular complexity index is 1430. The van der Waals surface area contributed by atoms with Crippen LogP contribution in [0.4, 0.5) is 0 Å². The van der Waals surface area contributed by atoms with Crippen molar-refractivity contribution in [1.82, 2.24) is 13.9 Å². The average molecular weight is 528 g/mol. The van der Waals surface area contributed by atoms with Gasteiger partial charge < -0.3 is 9.30 Å². The van der Waals surface area contributed by atoms with Gasteiger partial charge in [-0.15, -0.1) is 12.4 Å². The maximum absolute atomic E-state index is 13.2. The third-order valence-corrected chi connectivity index (χ3v) is 7.73. The molecule has 0 saturated carbocycles. The van der Waals surface area contributed by atoms with Gasteiger partial charge in [0.25, 0.3) is 5.56 Å². The number of hydrogen-bond acceptors (Lipinski definition) is 5. The van der Waals surface area contributed by atoms with Gasteiger partial charge in [-0.25, -0.2) is 12.7 Å². The van der Waals surface area contributed by atoms with Crippen LogP contribution in [-0.4, -0.2) is 42.0 Å². The smallest absolute Gasteiger partial charge is 0.250 e. The molecule has 4 rings (SSSR count). The van der Waals surface area contributed by atoms with E-state index in [2.05, 4.69) is 4.98 Å². The zero-order valence-corrected chi connectivity index (χ0v) is 21.7. The van der Waals surface area contributed by atoms with Gasteiger partial charge in [-0.3, -0.25) is 9.78 Å². The molecule has 0 aliphatic carbocycles. The number of pyridine rings is 2. The van der Waals surface area contributed by atoms with E-state index in [4.69, 9.17) is 4.74 Å². The van der Waals surface area contributed by atoms with Gasteiger partial charge in [0.15, 0.2) is 0 Å². The quantitative estimate of drug-likeness (QED) is 0.273. The van der Waals surface area contributed by atoms with Gasteiger partial charge in [0, 0.05) is 44.0 Å². The van der Waals surface area contributed by atoms with Gasteiger partial charge >= 0.3 is 0 Å². The normalized spacial score (nSPS) is 11.4. The molecule has 0 fully saturated rings. The van der Waals surface area contributed by atoms with Crippen LogP contribution in [0.2, 0.25) is 0 Å². The molecular weight excluding hydrogens is 498 g/mol. The minimum Gasteiger partial charge on any atom is -0.494 e. The van der Waals surface area contributed by atoms with Crippen molar-refractivity contribution in [2.24, 2.45) is 7.05 Å². The topological polar surface area (TPSA) is 81.5 Å². The summed E-state index contributed by atoms with van der Waals surface area (Å²) in [6.45, 7) is 1.11. The largest absolute Gasteiger partial charge is 0.494 e. The lowest BCUT2D eigenvalue weighted by molar-refractivity contribution is 0.289. The maximum atomic E-state index is 13.2. The van der Waals surface area contributed by atoms with Crippen LogP contribution in [-0.2, 0) is 29.2 Å². The van der Waals surface area contributed by atoms with Crippen molar-refractivity contribution >= 4 is 33.3 Å². The number of fused-ring (bicyclic) bond motifs is 1. The molecule has 0 unspecified atom stereocenters. The number of hydrogen-bond donors (Lipinski definition) is 0. The molecule has 2 aromatic heterocycles. The zero-order valence-electron chi connectivity index (χ0n) is 20.1. The molecule has 190 valence electrons. The van der Waals surface area contributed by atoms with Crippen LogP contribution in [0, 0.1) is 0 Å². The van der Waals surface area contributed by atoms with E-state index < -0.39 is 10.0 Å². The summed E-state index contributed by atoms with van der Waals surface area (Å²) < 4.78 is 35.5. The van der Waals surface area contributed by atoms with Crippen LogP contribution in [0.5, 0.6) is 5.75 Å². The van der Waals surface area contributed by atoms with Gasteiger partial charge in [0.05, 0.1) is 17.9 Å². The van der Waals surface area contributed by atoms with E-state index >= 15 is 0 Å². The van der Waals surface area contributed by atoms with Gasteiger partial charge in [0.2, 0.25) is 10.0 Å². The molecule has 7 nitrogen and oxygen atoms in total. The minimum atomic E-state index is -3.50. The molecule has 0 saturated heterocycles. The summed E-state index contributed by atoms with van der Waals surface area (Å²) in [4.78, 5) is 15.9. The molecule has 0 aliphatic heterocycles. The fourth-order valence-corrected chi connectivity index (χ4v) is 5.52.